The van der Waals surface area contributed by atoms with Crippen LogP contribution in [0.15, 0.2) is 24.3 Å². The molecular formula is C19H20N4O5. The van der Waals surface area contributed by atoms with Gasteiger partial charge in [-0.15, -0.1) is 0 Å². The van der Waals surface area contributed by atoms with Gasteiger partial charge in [-0.2, -0.15) is 10.3 Å². The molecule has 0 bridgehead atoms. The number of hydrogen-bond acceptors (Lipinski definition) is 6. The van der Waals surface area contributed by atoms with E-state index in [1.807, 2.05) is 6.07 Å². The van der Waals surface area contributed by atoms with Gasteiger partial charge in [-0.1, -0.05) is 13.0 Å². The molecule has 9 heteroatoms. The van der Waals surface area contributed by atoms with Crippen molar-refractivity contribution >= 4 is 23.8 Å². The number of hydrazine groups is 1. The van der Waals surface area contributed by atoms with Gasteiger partial charge in [-0.25, -0.2) is 9.59 Å². The molecule has 28 heavy (non-hydrogen) atoms. The molecule has 2 fully saturated rings. The van der Waals surface area contributed by atoms with Gasteiger partial charge in [-0.05, 0) is 49.8 Å². The van der Waals surface area contributed by atoms with Crippen molar-refractivity contribution in [1.82, 2.24) is 15.8 Å². The highest BCUT2D eigenvalue weighted by Gasteiger charge is 2.52. The molecule has 0 radical (unpaired) electrons. The van der Waals surface area contributed by atoms with Crippen LogP contribution in [0.1, 0.15) is 48.5 Å². The van der Waals surface area contributed by atoms with Gasteiger partial charge in [0.2, 0.25) is 0 Å². The zero-order valence-corrected chi connectivity index (χ0v) is 15.4. The van der Waals surface area contributed by atoms with Crippen LogP contribution in [0.2, 0.25) is 0 Å². The Bertz CT molecular complexity index is 867. The lowest BCUT2D eigenvalue weighted by Crippen LogP contribution is -2.52. The van der Waals surface area contributed by atoms with Gasteiger partial charge >= 0.3 is 12.0 Å². The molecular weight excluding hydrogens is 364 g/mol. The Labute approximate surface area is 161 Å². The van der Waals surface area contributed by atoms with Gasteiger partial charge in [0, 0.05) is 0 Å². The maximum atomic E-state index is 12.7. The summed E-state index contributed by atoms with van der Waals surface area (Å²) >= 11 is 0. The van der Waals surface area contributed by atoms with E-state index in [1.54, 1.807) is 0 Å². The molecule has 2 aliphatic rings. The second kappa shape index (κ2) is 7.68. The Balaban J connectivity index is 1.56. The summed E-state index contributed by atoms with van der Waals surface area (Å²) in [5.41, 5.74) is 1.63. The van der Waals surface area contributed by atoms with Crippen LogP contribution in [-0.4, -0.2) is 41.0 Å². The van der Waals surface area contributed by atoms with Crippen molar-refractivity contribution in [2.45, 2.75) is 38.1 Å². The summed E-state index contributed by atoms with van der Waals surface area (Å²) in [6.45, 7) is 1.42. The van der Waals surface area contributed by atoms with Crippen LogP contribution in [0.5, 0.6) is 0 Å². The van der Waals surface area contributed by atoms with Crippen LogP contribution in [0.4, 0.5) is 4.79 Å². The number of carbonyl (C=O) groups excluding carboxylic acids is 4. The van der Waals surface area contributed by atoms with Crippen LogP contribution in [0.3, 0.4) is 0 Å². The highest BCUT2D eigenvalue weighted by atomic mass is 16.5. The van der Waals surface area contributed by atoms with E-state index in [0.717, 1.165) is 12.8 Å². The number of hydrogen-bond donors (Lipinski definition) is 2. The van der Waals surface area contributed by atoms with Gasteiger partial charge in [0.25, 0.3) is 11.8 Å². The zero-order chi connectivity index (χ0) is 20.3. The number of rotatable bonds is 4. The molecule has 0 aromatic heterocycles. The van der Waals surface area contributed by atoms with E-state index in [0.29, 0.717) is 23.8 Å². The molecule has 1 aromatic rings. The Hall–Kier alpha value is -3.41. The standard InChI is InChI=1S/C19H20N4O5/c1-12-5-7-19(8-6-12)17(26)23(18(27)21-19)22-15(24)11-28-16(25)14-4-2-3-13(9-14)10-20/h2-4,9,12H,5-8,11H2,1H3,(H,21,27)(H,22,24). The van der Waals surface area contributed by atoms with Gasteiger partial charge in [0.05, 0.1) is 17.2 Å². The lowest BCUT2D eigenvalue weighted by atomic mass is 9.77. The maximum Gasteiger partial charge on any atom is 0.344 e. The van der Waals surface area contributed by atoms with Crippen molar-refractivity contribution in [3.8, 4) is 6.07 Å². The monoisotopic (exact) mass is 384 g/mol. The molecule has 1 spiro atoms. The Morgan fingerprint density at radius 2 is 2.07 bits per heavy atom. The fourth-order valence-corrected chi connectivity index (χ4v) is 3.40. The van der Waals surface area contributed by atoms with Crippen LogP contribution >= 0.6 is 0 Å². The SMILES string of the molecule is CC1CCC2(CC1)NC(=O)N(NC(=O)COC(=O)c1cccc(C#N)c1)C2=O. The number of benzene rings is 1. The van der Waals surface area contributed by atoms with Crippen molar-refractivity contribution in [1.29, 1.82) is 5.26 Å². The van der Waals surface area contributed by atoms with Gasteiger partial charge in [-0.3, -0.25) is 15.0 Å². The molecule has 1 aliphatic heterocycles. The predicted molar refractivity (Wildman–Crippen MR) is 95.3 cm³/mol. The lowest BCUT2D eigenvalue weighted by Gasteiger charge is -2.33. The summed E-state index contributed by atoms with van der Waals surface area (Å²) in [7, 11) is 0. The lowest BCUT2D eigenvalue weighted by molar-refractivity contribution is -0.141. The van der Waals surface area contributed by atoms with E-state index in [9.17, 15) is 19.2 Å². The van der Waals surface area contributed by atoms with Crippen molar-refractivity contribution in [2.24, 2.45) is 5.92 Å². The number of esters is 1. The van der Waals surface area contributed by atoms with Gasteiger partial charge in [0.1, 0.15) is 5.54 Å². The topological polar surface area (TPSA) is 129 Å². The zero-order valence-electron chi connectivity index (χ0n) is 15.4. The van der Waals surface area contributed by atoms with E-state index in [1.165, 1.54) is 24.3 Å². The largest absolute Gasteiger partial charge is 0.452 e. The highest BCUT2D eigenvalue weighted by Crippen LogP contribution is 2.35. The summed E-state index contributed by atoms with van der Waals surface area (Å²) in [6.07, 6.45) is 2.67. The number of nitrogens with one attached hydrogen (secondary N) is 2. The summed E-state index contributed by atoms with van der Waals surface area (Å²) in [5, 5.41) is 12.2. The predicted octanol–water partition coefficient (Wildman–Crippen LogP) is 1.25. The fourth-order valence-electron chi connectivity index (χ4n) is 3.40. The highest BCUT2D eigenvalue weighted by molar-refractivity contribution is 6.08. The first-order valence-electron chi connectivity index (χ1n) is 8.98. The minimum Gasteiger partial charge on any atom is -0.452 e. The fraction of sp³-hybridized carbons (Fsp3) is 0.421. The molecule has 146 valence electrons. The van der Waals surface area contributed by atoms with E-state index >= 15 is 0 Å². The van der Waals surface area contributed by atoms with Crippen molar-refractivity contribution in [3.05, 3.63) is 35.4 Å². The first-order chi connectivity index (χ1) is 13.3. The number of ether oxygens (including phenoxy) is 1. The van der Waals surface area contributed by atoms with E-state index in [4.69, 9.17) is 10.00 Å². The Morgan fingerprint density at radius 3 is 2.75 bits per heavy atom. The second-order valence-corrected chi connectivity index (χ2v) is 7.14. The molecule has 2 N–H and O–H groups in total. The summed E-state index contributed by atoms with van der Waals surface area (Å²) < 4.78 is 4.89. The molecule has 1 aromatic carbocycles. The summed E-state index contributed by atoms with van der Waals surface area (Å²) in [6, 6.07) is 7.05. The van der Waals surface area contributed by atoms with Crippen LogP contribution in [0.25, 0.3) is 0 Å². The number of amides is 4. The van der Waals surface area contributed by atoms with Crippen molar-refractivity contribution in [2.75, 3.05) is 6.61 Å². The van der Waals surface area contributed by atoms with Crippen molar-refractivity contribution in [3.63, 3.8) is 0 Å². The number of urea groups is 1. The normalized spacial score (nSPS) is 23.9. The van der Waals surface area contributed by atoms with E-state index in [-0.39, 0.29) is 11.1 Å². The number of nitriles is 1. The number of carbonyl (C=O) groups is 4. The molecule has 1 heterocycles. The number of nitrogens with zero attached hydrogens (tertiary/aromatic N) is 2. The molecule has 0 unspecified atom stereocenters. The Kier molecular flexibility index (Phi) is 5.31. The van der Waals surface area contributed by atoms with Crippen LogP contribution in [0, 0.1) is 17.2 Å². The third-order valence-corrected chi connectivity index (χ3v) is 5.09. The quantitative estimate of drug-likeness (QED) is 0.594. The third kappa shape index (κ3) is 3.81. The Morgan fingerprint density at radius 1 is 1.36 bits per heavy atom. The van der Waals surface area contributed by atoms with Crippen molar-refractivity contribution < 1.29 is 23.9 Å². The third-order valence-electron chi connectivity index (χ3n) is 5.09. The first kappa shape index (κ1) is 19.4. The average Bonchev–Trinajstić information content (AvgIpc) is 2.92. The average molecular weight is 384 g/mol. The maximum absolute atomic E-state index is 12.7. The molecule has 9 nitrogen and oxygen atoms in total. The minimum absolute atomic E-state index is 0.122. The first-order valence-corrected chi connectivity index (χ1v) is 8.98. The van der Waals surface area contributed by atoms with E-state index < -0.39 is 36.0 Å². The van der Waals surface area contributed by atoms with Gasteiger partial charge < -0.3 is 10.1 Å². The minimum atomic E-state index is -0.967. The second-order valence-electron chi connectivity index (χ2n) is 7.14. The molecule has 1 saturated heterocycles. The smallest absolute Gasteiger partial charge is 0.344 e. The molecule has 4 amide bonds. The molecule has 1 saturated carbocycles. The van der Waals surface area contributed by atoms with Crippen LogP contribution in [-0.2, 0) is 14.3 Å². The summed E-state index contributed by atoms with van der Waals surface area (Å²) in [5.74, 6) is -1.61. The molecule has 0 atom stereocenters. The summed E-state index contributed by atoms with van der Waals surface area (Å²) in [4.78, 5) is 48.8. The molecule has 3 rings (SSSR count). The van der Waals surface area contributed by atoms with Crippen LogP contribution < -0.4 is 10.7 Å². The number of imide groups is 1. The van der Waals surface area contributed by atoms with Gasteiger partial charge in [0.15, 0.2) is 6.61 Å². The van der Waals surface area contributed by atoms with E-state index in [2.05, 4.69) is 17.7 Å². The molecule has 1 aliphatic carbocycles.